The van der Waals surface area contributed by atoms with Gasteiger partial charge in [0.05, 0.1) is 5.56 Å². The lowest BCUT2D eigenvalue weighted by atomic mass is 10.1. The number of aryl methyl sites for hydroxylation is 2. The Labute approximate surface area is 168 Å². The van der Waals surface area contributed by atoms with Crippen LogP contribution in [0.15, 0.2) is 46.9 Å². The lowest BCUT2D eigenvalue weighted by molar-refractivity contribution is -0.134. The number of carbonyl (C=O) groups is 2. The van der Waals surface area contributed by atoms with Gasteiger partial charge in [-0.25, -0.2) is 0 Å². The van der Waals surface area contributed by atoms with E-state index in [2.05, 4.69) is 15.9 Å². The summed E-state index contributed by atoms with van der Waals surface area (Å²) in [5, 5.41) is 0. The van der Waals surface area contributed by atoms with E-state index in [0.717, 1.165) is 10.0 Å². The number of rotatable bonds is 4. The van der Waals surface area contributed by atoms with E-state index in [-0.39, 0.29) is 18.4 Å². The van der Waals surface area contributed by atoms with Gasteiger partial charge in [0.25, 0.3) is 11.8 Å². The highest BCUT2D eigenvalue weighted by molar-refractivity contribution is 9.10. The van der Waals surface area contributed by atoms with Crippen LogP contribution in [0, 0.1) is 13.8 Å². The number of hydrogen-bond donors (Lipinski definition) is 0. The van der Waals surface area contributed by atoms with Crippen LogP contribution in [0.2, 0.25) is 0 Å². The van der Waals surface area contributed by atoms with Gasteiger partial charge in [-0.15, -0.1) is 0 Å². The molecule has 1 heterocycles. The van der Waals surface area contributed by atoms with Crippen molar-refractivity contribution in [3.05, 3.63) is 63.6 Å². The fourth-order valence-electron chi connectivity index (χ4n) is 3.00. The van der Waals surface area contributed by atoms with E-state index >= 15 is 0 Å². The average molecular weight is 431 g/mol. The molecule has 3 rings (SSSR count). The Morgan fingerprint density at radius 2 is 1.63 bits per heavy atom. The summed E-state index contributed by atoms with van der Waals surface area (Å²) in [4.78, 5) is 28.6. The SMILES string of the molecule is Cc1ccc(OCC(=O)N2CCN(C(=O)c3ccccc3Br)CC2)cc1C. The number of carbonyl (C=O) groups excluding carboxylic acids is 2. The van der Waals surface area contributed by atoms with Crippen LogP contribution in [0.25, 0.3) is 0 Å². The minimum atomic E-state index is -0.0544. The summed E-state index contributed by atoms with van der Waals surface area (Å²) in [5.41, 5.74) is 2.98. The fourth-order valence-corrected chi connectivity index (χ4v) is 3.46. The standard InChI is InChI=1S/C21H23BrN2O3/c1-15-7-8-17(13-16(15)2)27-14-20(25)23-9-11-24(12-10-23)21(26)18-5-3-4-6-19(18)22/h3-8,13H,9-12,14H2,1-2H3. The summed E-state index contributed by atoms with van der Waals surface area (Å²) in [7, 11) is 0. The Hall–Kier alpha value is -2.34. The molecule has 1 aliphatic rings. The van der Waals surface area contributed by atoms with Crippen molar-refractivity contribution in [2.24, 2.45) is 0 Å². The molecule has 0 spiro atoms. The van der Waals surface area contributed by atoms with Gasteiger partial charge in [-0.1, -0.05) is 18.2 Å². The Balaban J connectivity index is 1.51. The molecule has 27 heavy (non-hydrogen) atoms. The number of hydrogen-bond acceptors (Lipinski definition) is 3. The maximum absolute atomic E-state index is 12.6. The molecule has 1 aliphatic heterocycles. The summed E-state index contributed by atoms with van der Waals surface area (Å²) in [5.74, 6) is 0.636. The van der Waals surface area contributed by atoms with Crippen molar-refractivity contribution >= 4 is 27.7 Å². The van der Waals surface area contributed by atoms with Gasteiger partial charge in [0, 0.05) is 30.7 Å². The van der Waals surface area contributed by atoms with Crippen molar-refractivity contribution in [2.75, 3.05) is 32.8 Å². The van der Waals surface area contributed by atoms with Crippen LogP contribution in [-0.2, 0) is 4.79 Å². The highest BCUT2D eigenvalue weighted by Gasteiger charge is 2.25. The molecule has 0 saturated carbocycles. The molecule has 0 aromatic heterocycles. The molecular weight excluding hydrogens is 408 g/mol. The molecule has 0 unspecified atom stereocenters. The normalized spacial score (nSPS) is 14.2. The molecule has 142 valence electrons. The first kappa shape index (κ1) is 19.4. The van der Waals surface area contributed by atoms with E-state index in [1.807, 2.05) is 50.2 Å². The van der Waals surface area contributed by atoms with E-state index in [9.17, 15) is 9.59 Å². The molecule has 0 N–H and O–H groups in total. The van der Waals surface area contributed by atoms with Gasteiger partial charge in [0.1, 0.15) is 5.75 Å². The zero-order valence-electron chi connectivity index (χ0n) is 15.6. The highest BCUT2D eigenvalue weighted by Crippen LogP contribution is 2.19. The quantitative estimate of drug-likeness (QED) is 0.746. The number of piperazine rings is 1. The number of nitrogens with zero attached hydrogens (tertiary/aromatic N) is 2. The van der Waals surface area contributed by atoms with Gasteiger partial charge in [0.2, 0.25) is 0 Å². The van der Waals surface area contributed by atoms with Crippen LogP contribution in [0.5, 0.6) is 5.75 Å². The van der Waals surface area contributed by atoms with E-state index in [1.165, 1.54) is 5.56 Å². The van der Waals surface area contributed by atoms with Crippen LogP contribution in [0.1, 0.15) is 21.5 Å². The zero-order valence-corrected chi connectivity index (χ0v) is 17.2. The molecule has 2 amide bonds. The largest absolute Gasteiger partial charge is 0.484 e. The van der Waals surface area contributed by atoms with E-state index in [0.29, 0.717) is 37.5 Å². The molecule has 0 atom stereocenters. The summed E-state index contributed by atoms with van der Waals surface area (Å²) in [6, 6.07) is 13.2. The van der Waals surface area contributed by atoms with Crippen LogP contribution in [0.3, 0.4) is 0 Å². The molecule has 1 saturated heterocycles. The molecule has 1 fully saturated rings. The van der Waals surface area contributed by atoms with E-state index < -0.39 is 0 Å². The van der Waals surface area contributed by atoms with Crippen molar-refractivity contribution in [3.63, 3.8) is 0 Å². The van der Waals surface area contributed by atoms with Crippen LogP contribution < -0.4 is 4.74 Å². The maximum Gasteiger partial charge on any atom is 0.260 e. The summed E-state index contributed by atoms with van der Waals surface area (Å²) in [6.07, 6.45) is 0. The van der Waals surface area contributed by atoms with Crippen molar-refractivity contribution in [1.29, 1.82) is 0 Å². The highest BCUT2D eigenvalue weighted by atomic mass is 79.9. The van der Waals surface area contributed by atoms with Crippen LogP contribution in [0.4, 0.5) is 0 Å². The van der Waals surface area contributed by atoms with Crippen molar-refractivity contribution in [1.82, 2.24) is 9.80 Å². The number of ether oxygens (including phenoxy) is 1. The van der Waals surface area contributed by atoms with Crippen molar-refractivity contribution < 1.29 is 14.3 Å². The predicted molar refractivity (Wildman–Crippen MR) is 108 cm³/mol. The second-order valence-electron chi connectivity index (χ2n) is 6.69. The minimum absolute atomic E-state index is 0.0130. The fraction of sp³-hybridized carbons (Fsp3) is 0.333. The molecule has 0 radical (unpaired) electrons. The van der Waals surface area contributed by atoms with Gasteiger partial charge in [-0.05, 0) is 65.2 Å². The Morgan fingerprint density at radius 3 is 2.30 bits per heavy atom. The first-order chi connectivity index (χ1) is 13.0. The molecule has 0 aliphatic carbocycles. The molecule has 2 aromatic carbocycles. The van der Waals surface area contributed by atoms with E-state index in [1.54, 1.807) is 15.9 Å². The lowest BCUT2D eigenvalue weighted by Crippen LogP contribution is -2.51. The van der Waals surface area contributed by atoms with Crippen LogP contribution in [-0.4, -0.2) is 54.4 Å². The minimum Gasteiger partial charge on any atom is -0.484 e. The zero-order chi connectivity index (χ0) is 19.4. The van der Waals surface area contributed by atoms with Gasteiger partial charge in [-0.3, -0.25) is 9.59 Å². The lowest BCUT2D eigenvalue weighted by Gasteiger charge is -2.34. The van der Waals surface area contributed by atoms with Crippen molar-refractivity contribution in [3.8, 4) is 5.75 Å². The predicted octanol–water partition coefficient (Wildman–Crippen LogP) is 3.43. The van der Waals surface area contributed by atoms with Gasteiger partial charge in [-0.2, -0.15) is 0 Å². The summed E-state index contributed by atoms with van der Waals surface area (Å²) in [6.45, 7) is 6.16. The third-order valence-electron chi connectivity index (χ3n) is 4.86. The topological polar surface area (TPSA) is 49.9 Å². The number of benzene rings is 2. The first-order valence-corrected chi connectivity index (χ1v) is 9.76. The maximum atomic E-state index is 12.6. The smallest absolute Gasteiger partial charge is 0.260 e. The second kappa shape index (κ2) is 8.57. The van der Waals surface area contributed by atoms with Crippen molar-refractivity contribution in [2.45, 2.75) is 13.8 Å². The molecule has 6 heteroatoms. The molecule has 2 aromatic rings. The van der Waals surface area contributed by atoms with Gasteiger partial charge >= 0.3 is 0 Å². The summed E-state index contributed by atoms with van der Waals surface area (Å²) < 4.78 is 6.43. The third-order valence-corrected chi connectivity index (χ3v) is 5.56. The third kappa shape index (κ3) is 4.69. The Bertz CT molecular complexity index is 845. The Kier molecular flexibility index (Phi) is 6.16. The van der Waals surface area contributed by atoms with Gasteiger partial charge in [0.15, 0.2) is 6.61 Å². The average Bonchev–Trinajstić information content (AvgIpc) is 2.68. The Morgan fingerprint density at radius 1 is 0.963 bits per heavy atom. The first-order valence-electron chi connectivity index (χ1n) is 8.97. The molecular formula is C21H23BrN2O3. The second-order valence-corrected chi connectivity index (χ2v) is 7.54. The molecule has 5 nitrogen and oxygen atoms in total. The monoisotopic (exact) mass is 430 g/mol. The van der Waals surface area contributed by atoms with Crippen LogP contribution >= 0.6 is 15.9 Å². The molecule has 0 bridgehead atoms. The van der Waals surface area contributed by atoms with E-state index in [4.69, 9.17) is 4.74 Å². The summed E-state index contributed by atoms with van der Waals surface area (Å²) >= 11 is 3.42. The number of amides is 2. The van der Waals surface area contributed by atoms with Gasteiger partial charge < -0.3 is 14.5 Å². The number of halogens is 1.